The minimum atomic E-state index is -1.53. The van der Waals surface area contributed by atoms with Gasteiger partial charge >= 0.3 is 0 Å². The lowest BCUT2D eigenvalue weighted by Gasteiger charge is -2.50. The summed E-state index contributed by atoms with van der Waals surface area (Å²) in [5.74, 6) is 9.95. The van der Waals surface area contributed by atoms with Crippen LogP contribution in [0.1, 0.15) is 45.6 Å². The number of thioether (sulfide) groups is 2. The third kappa shape index (κ3) is 4.65. The van der Waals surface area contributed by atoms with Crippen molar-refractivity contribution in [1.29, 1.82) is 0 Å². The Morgan fingerprint density at radius 3 is 2.29 bits per heavy atom. The first-order valence-corrected chi connectivity index (χ1v) is 14.1. The molecule has 2 rings (SSSR count). The van der Waals surface area contributed by atoms with Crippen molar-refractivity contribution in [3.63, 3.8) is 0 Å². The van der Waals surface area contributed by atoms with Gasteiger partial charge in [-0.2, -0.15) is 0 Å². The monoisotopic (exact) mass is 376 g/mol. The van der Waals surface area contributed by atoms with Crippen LogP contribution in [0.15, 0.2) is 30.3 Å². The highest BCUT2D eigenvalue weighted by atomic mass is 32.2. The number of unbranched alkanes of at least 4 members (excludes halogenated alkanes) is 1. The summed E-state index contributed by atoms with van der Waals surface area (Å²) < 4.78 is 0.177. The molecule has 0 amide bonds. The molecule has 1 aliphatic heterocycles. The van der Waals surface area contributed by atoms with Crippen LogP contribution in [-0.2, 0) is 6.42 Å². The van der Waals surface area contributed by atoms with E-state index in [1.807, 2.05) is 0 Å². The Labute approximate surface area is 159 Å². The van der Waals surface area contributed by atoms with Crippen LogP contribution in [-0.4, -0.2) is 23.3 Å². The molecule has 1 aromatic rings. The number of aryl methyl sites for hydroxylation is 1. The van der Waals surface area contributed by atoms with E-state index in [-0.39, 0.29) is 3.70 Å². The molecule has 1 aromatic carbocycles. The molecule has 0 nitrogen and oxygen atoms in total. The fourth-order valence-electron chi connectivity index (χ4n) is 2.82. The minimum absolute atomic E-state index is 0.177. The molecule has 1 aliphatic rings. The molecule has 0 atom stereocenters. The molecule has 0 radical (unpaired) electrons. The number of hydrogen-bond acceptors (Lipinski definition) is 2. The molecule has 0 saturated carbocycles. The molecule has 0 spiro atoms. The van der Waals surface area contributed by atoms with Crippen molar-refractivity contribution < 1.29 is 0 Å². The molecule has 0 aromatic heterocycles. The zero-order chi connectivity index (χ0) is 17.7. The Kier molecular flexibility index (Phi) is 6.99. The third-order valence-corrected chi connectivity index (χ3v) is 17.6. The highest BCUT2D eigenvalue weighted by Gasteiger charge is 2.54. The van der Waals surface area contributed by atoms with Gasteiger partial charge in [-0.05, 0) is 41.4 Å². The molecule has 132 valence electrons. The normalized spacial score (nSPS) is 17.9. The van der Waals surface area contributed by atoms with Gasteiger partial charge in [0.25, 0.3) is 0 Å². The standard InChI is InChI=1S/C21H32S2Si/c1-20(2,3)24(4,5)21(22-17-12-18-23-21)16-11-7-10-15-19-13-8-6-9-14-19/h6,8-9,13-14H,7,10,12,15,17-18H2,1-5H3. The molecular weight excluding hydrogens is 344 g/mol. The Hall–Kier alpha value is -0.303. The summed E-state index contributed by atoms with van der Waals surface area (Å²) in [6.07, 6.45) is 4.66. The quantitative estimate of drug-likeness (QED) is 0.329. The fraction of sp³-hybridized carbons (Fsp3) is 0.619. The van der Waals surface area contributed by atoms with Gasteiger partial charge in [-0.3, -0.25) is 0 Å². The Morgan fingerprint density at radius 1 is 1.08 bits per heavy atom. The summed E-state index contributed by atoms with van der Waals surface area (Å²) >= 11 is 4.30. The van der Waals surface area contributed by atoms with Gasteiger partial charge in [-0.25, -0.2) is 0 Å². The molecule has 3 heteroatoms. The highest BCUT2D eigenvalue weighted by molar-refractivity contribution is 8.21. The molecule has 0 aliphatic carbocycles. The van der Waals surface area contributed by atoms with Crippen molar-refractivity contribution in [2.75, 3.05) is 11.5 Å². The number of hydrogen-bond donors (Lipinski definition) is 0. The average Bonchev–Trinajstić information content (AvgIpc) is 2.55. The smallest absolute Gasteiger partial charge is 0.110 e. The lowest BCUT2D eigenvalue weighted by Crippen LogP contribution is -2.56. The summed E-state index contributed by atoms with van der Waals surface area (Å²) in [6, 6.07) is 10.8. The van der Waals surface area contributed by atoms with Crippen LogP contribution in [0.5, 0.6) is 0 Å². The van der Waals surface area contributed by atoms with Crippen LogP contribution >= 0.6 is 23.5 Å². The van der Waals surface area contributed by atoms with E-state index in [0.717, 1.165) is 12.8 Å². The summed E-state index contributed by atoms with van der Waals surface area (Å²) in [5, 5.41) is 0.378. The minimum Gasteiger partial charge on any atom is -0.135 e. The molecule has 1 saturated heterocycles. The van der Waals surface area contributed by atoms with E-state index < -0.39 is 8.07 Å². The van der Waals surface area contributed by atoms with Crippen LogP contribution in [0.25, 0.3) is 0 Å². The van der Waals surface area contributed by atoms with Gasteiger partial charge in [-0.15, -0.1) is 29.4 Å². The predicted molar refractivity (Wildman–Crippen MR) is 117 cm³/mol. The molecule has 1 fully saturated rings. The van der Waals surface area contributed by atoms with Crippen molar-refractivity contribution in [1.82, 2.24) is 0 Å². The van der Waals surface area contributed by atoms with E-state index in [2.05, 4.69) is 99.6 Å². The Balaban J connectivity index is 2.05. The first kappa shape index (κ1) is 20.0. The SMILES string of the molecule is CC(C)(C)[Si](C)(C)C1(C#CCCCc2ccccc2)SCCCS1. The second-order valence-electron chi connectivity index (χ2n) is 8.18. The Morgan fingerprint density at radius 2 is 1.71 bits per heavy atom. The predicted octanol–water partition coefficient (Wildman–Crippen LogP) is 6.63. The first-order valence-electron chi connectivity index (χ1n) is 9.10. The Bertz CT molecular complexity index is 569. The summed E-state index contributed by atoms with van der Waals surface area (Å²) in [4.78, 5) is 0. The van der Waals surface area contributed by atoms with Crippen LogP contribution in [0.3, 0.4) is 0 Å². The molecular formula is C21H32S2Si. The zero-order valence-electron chi connectivity index (χ0n) is 15.9. The maximum atomic E-state index is 3.81. The first-order chi connectivity index (χ1) is 11.3. The van der Waals surface area contributed by atoms with Crippen molar-refractivity contribution in [2.45, 2.75) is 68.3 Å². The van der Waals surface area contributed by atoms with Crippen LogP contribution in [0, 0.1) is 11.8 Å². The van der Waals surface area contributed by atoms with Gasteiger partial charge in [0, 0.05) is 6.42 Å². The molecule has 1 heterocycles. The third-order valence-electron chi connectivity index (χ3n) is 5.46. The van der Waals surface area contributed by atoms with E-state index in [0.29, 0.717) is 5.04 Å². The van der Waals surface area contributed by atoms with Gasteiger partial charge in [0.1, 0.15) is 3.70 Å². The van der Waals surface area contributed by atoms with Crippen molar-refractivity contribution in [3.8, 4) is 11.8 Å². The summed E-state index contributed by atoms with van der Waals surface area (Å²) in [6.45, 7) is 12.4. The maximum absolute atomic E-state index is 3.81. The number of rotatable bonds is 4. The van der Waals surface area contributed by atoms with Crippen LogP contribution in [0.2, 0.25) is 18.1 Å². The van der Waals surface area contributed by atoms with Gasteiger partial charge < -0.3 is 0 Å². The lowest BCUT2D eigenvalue weighted by atomic mass is 10.1. The topological polar surface area (TPSA) is 0 Å². The summed E-state index contributed by atoms with van der Waals surface area (Å²) in [7, 11) is -1.53. The van der Waals surface area contributed by atoms with E-state index in [9.17, 15) is 0 Å². The van der Waals surface area contributed by atoms with Crippen LogP contribution in [0.4, 0.5) is 0 Å². The number of benzene rings is 1. The van der Waals surface area contributed by atoms with Gasteiger partial charge in [0.2, 0.25) is 0 Å². The second kappa shape index (κ2) is 8.38. The molecule has 0 N–H and O–H groups in total. The van der Waals surface area contributed by atoms with E-state index in [1.165, 1.54) is 29.9 Å². The van der Waals surface area contributed by atoms with Crippen molar-refractivity contribution in [2.24, 2.45) is 0 Å². The molecule has 0 unspecified atom stereocenters. The molecule has 24 heavy (non-hydrogen) atoms. The van der Waals surface area contributed by atoms with Crippen molar-refractivity contribution in [3.05, 3.63) is 35.9 Å². The van der Waals surface area contributed by atoms with Gasteiger partial charge in [-0.1, -0.05) is 70.1 Å². The average molecular weight is 377 g/mol. The van der Waals surface area contributed by atoms with E-state index in [1.54, 1.807) is 0 Å². The largest absolute Gasteiger partial charge is 0.135 e. The van der Waals surface area contributed by atoms with Gasteiger partial charge in [0.05, 0.1) is 8.07 Å². The highest BCUT2D eigenvalue weighted by Crippen LogP contribution is 2.55. The van der Waals surface area contributed by atoms with Gasteiger partial charge in [0.15, 0.2) is 0 Å². The van der Waals surface area contributed by atoms with Crippen LogP contribution < -0.4 is 0 Å². The van der Waals surface area contributed by atoms with E-state index >= 15 is 0 Å². The lowest BCUT2D eigenvalue weighted by molar-refractivity contribution is 0.714. The zero-order valence-corrected chi connectivity index (χ0v) is 18.6. The molecule has 0 bridgehead atoms. The fourth-order valence-corrected chi connectivity index (χ4v) is 12.0. The van der Waals surface area contributed by atoms with Crippen molar-refractivity contribution >= 4 is 31.6 Å². The van der Waals surface area contributed by atoms with E-state index in [4.69, 9.17) is 0 Å². The summed E-state index contributed by atoms with van der Waals surface area (Å²) in [5.41, 5.74) is 1.43. The second-order valence-corrected chi connectivity index (χ2v) is 17.3. The maximum Gasteiger partial charge on any atom is 0.110 e.